The van der Waals surface area contributed by atoms with E-state index in [1.807, 2.05) is 30.0 Å². The smallest absolute Gasteiger partial charge is 0.251 e. The molecule has 1 N–H and O–H groups in total. The van der Waals surface area contributed by atoms with Gasteiger partial charge in [-0.3, -0.25) is 4.79 Å². The number of ether oxygens (including phenoxy) is 1. The second-order valence-corrected chi connectivity index (χ2v) is 7.18. The molecular weight excluding hydrogens is 332 g/mol. The molecule has 0 aliphatic carbocycles. The molecular formula is C20H24N2O2S. The first-order chi connectivity index (χ1) is 12.3. The van der Waals surface area contributed by atoms with Crippen LogP contribution in [-0.4, -0.2) is 38.5 Å². The summed E-state index contributed by atoms with van der Waals surface area (Å²) in [5.41, 5.74) is 3.16. The van der Waals surface area contributed by atoms with Crippen LogP contribution in [0.25, 0.3) is 0 Å². The minimum atomic E-state index is -0.0193. The summed E-state index contributed by atoms with van der Waals surface area (Å²) in [6, 6.07) is 16.5. The number of anilines is 1. The molecule has 0 saturated carbocycles. The van der Waals surface area contributed by atoms with Crippen LogP contribution in [0.2, 0.25) is 0 Å². The monoisotopic (exact) mass is 356 g/mol. The molecule has 0 atom stereocenters. The van der Waals surface area contributed by atoms with Gasteiger partial charge in [-0.25, -0.2) is 0 Å². The van der Waals surface area contributed by atoms with Crippen LogP contribution in [-0.2, 0) is 11.3 Å². The van der Waals surface area contributed by atoms with Crippen molar-refractivity contribution in [2.24, 2.45) is 0 Å². The fourth-order valence-electron chi connectivity index (χ4n) is 2.90. The third kappa shape index (κ3) is 4.77. The Morgan fingerprint density at radius 1 is 1.24 bits per heavy atom. The van der Waals surface area contributed by atoms with Crippen LogP contribution in [0, 0.1) is 0 Å². The van der Waals surface area contributed by atoms with Gasteiger partial charge in [0.15, 0.2) is 0 Å². The number of carbonyl (C=O) groups excluding carboxylic acids is 1. The summed E-state index contributed by atoms with van der Waals surface area (Å²) in [6.45, 7) is 3.15. The molecule has 2 aromatic carbocycles. The van der Waals surface area contributed by atoms with Crippen molar-refractivity contribution in [1.29, 1.82) is 0 Å². The van der Waals surface area contributed by atoms with Gasteiger partial charge in [0, 0.05) is 49.6 Å². The van der Waals surface area contributed by atoms with E-state index < -0.39 is 0 Å². The molecule has 2 aromatic rings. The Hall–Kier alpha value is -1.98. The van der Waals surface area contributed by atoms with Crippen LogP contribution in [0.5, 0.6) is 0 Å². The molecule has 0 unspecified atom stereocenters. The van der Waals surface area contributed by atoms with Gasteiger partial charge in [0.25, 0.3) is 5.91 Å². The van der Waals surface area contributed by atoms with E-state index in [1.54, 1.807) is 7.11 Å². The van der Waals surface area contributed by atoms with Crippen molar-refractivity contribution in [3.63, 3.8) is 0 Å². The topological polar surface area (TPSA) is 41.6 Å². The Bertz CT molecular complexity index is 706. The van der Waals surface area contributed by atoms with Crippen LogP contribution in [0.3, 0.4) is 0 Å². The average Bonchev–Trinajstić information content (AvgIpc) is 2.66. The molecule has 4 nitrogen and oxygen atoms in total. The summed E-state index contributed by atoms with van der Waals surface area (Å²) < 4.78 is 5.01. The van der Waals surface area contributed by atoms with Gasteiger partial charge in [0.05, 0.1) is 5.69 Å². The summed E-state index contributed by atoms with van der Waals surface area (Å²) in [4.78, 5) is 16.0. The standard InChI is InChI=1S/C20H24N2O2S/c1-24-12-5-10-21-20(23)17-8-9-19-18(14-17)22(11-13-25-19)15-16-6-3-2-4-7-16/h2-4,6-9,14H,5,10-13,15H2,1H3,(H,21,23). The third-order valence-electron chi connectivity index (χ3n) is 4.21. The van der Waals surface area contributed by atoms with Gasteiger partial charge in [-0.15, -0.1) is 11.8 Å². The van der Waals surface area contributed by atoms with Gasteiger partial charge in [-0.1, -0.05) is 30.3 Å². The molecule has 0 fully saturated rings. The lowest BCUT2D eigenvalue weighted by molar-refractivity contribution is 0.0948. The molecule has 0 spiro atoms. The van der Waals surface area contributed by atoms with Gasteiger partial charge < -0.3 is 15.0 Å². The molecule has 3 rings (SSSR count). The predicted octanol–water partition coefficient (Wildman–Crippen LogP) is 3.57. The molecule has 1 aliphatic rings. The summed E-state index contributed by atoms with van der Waals surface area (Å²) in [7, 11) is 1.67. The van der Waals surface area contributed by atoms with E-state index in [-0.39, 0.29) is 5.91 Å². The lowest BCUT2D eigenvalue weighted by Gasteiger charge is -2.31. The highest BCUT2D eigenvalue weighted by Gasteiger charge is 2.19. The lowest BCUT2D eigenvalue weighted by atomic mass is 10.1. The first-order valence-corrected chi connectivity index (χ1v) is 9.59. The Morgan fingerprint density at radius 3 is 2.88 bits per heavy atom. The van der Waals surface area contributed by atoms with Crippen molar-refractivity contribution < 1.29 is 9.53 Å². The van der Waals surface area contributed by atoms with E-state index in [0.717, 1.165) is 36.5 Å². The van der Waals surface area contributed by atoms with Gasteiger partial charge in [0.1, 0.15) is 0 Å². The number of nitrogens with one attached hydrogen (secondary N) is 1. The highest BCUT2D eigenvalue weighted by atomic mass is 32.2. The largest absolute Gasteiger partial charge is 0.385 e. The molecule has 0 saturated heterocycles. The Labute approximate surface area is 153 Å². The SMILES string of the molecule is COCCCNC(=O)c1ccc2c(c1)N(Cc1ccccc1)CCS2. The number of nitrogens with zero attached hydrogens (tertiary/aromatic N) is 1. The van der Waals surface area contributed by atoms with Crippen molar-refractivity contribution >= 4 is 23.4 Å². The number of fused-ring (bicyclic) bond motifs is 1. The van der Waals surface area contributed by atoms with E-state index in [2.05, 4.69) is 40.5 Å². The Morgan fingerprint density at radius 2 is 2.08 bits per heavy atom. The lowest BCUT2D eigenvalue weighted by Crippen LogP contribution is -2.30. The highest BCUT2D eigenvalue weighted by molar-refractivity contribution is 7.99. The maximum Gasteiger partial charge on any atom is 0.251 e. The summed E-state index contributed by atoms with van der Waals surface area (Å²) in [6.07, 6.45) is 0.823. The van der Waals surface area contributed by atoms with E-state index >= 15 is 0 Å². The van der Waals surface area contributed by atoms with Gasteiger partial charge in [-0.2, -0.15) is 0 Å². The minimum absolute atomic E-state index is 0.0193. The van der Waals surface area contributed by atoms with Crippen molar-refractivity contribution in [2.45, 2.75) is 17.9 Å². The maximum atomic E-state index is 12.4. The van der Waals surface area contributed by atoms with Crippen LogP contribution < -0.4 is 10.2 Å². The Balaban J connectivity index is 1.72. The van der Waals surface area contributed by atoms with Crippen LogP contribution >= 0.6 is 11.8 Å². The van der Waals surface area contributed by atoms with Gasteiger partial charge in [-0.05, 0) is 30.2 Å². The molecule has 5 heteroatoms. The van der Waals surface area contributed by atoms with E-state index in [1.165, 1.54) is 10.5 Å². The summed E-state index contributed by atoms with van der Waals surface area (Å²) in [5, 5.41) is 2.96. The fraction of sp³-hybridized carbons (Fsp3) is 0.350. The molecule has 25 heavy (non-hydrogen) atoms. The molecule has 1 amide bonds. The first kappa shape index (κ1) is 17.8. The zero-order chi connectivity index (χ0) is 17.5. The Kier molecular flexibility index (Phi) is 6.36. The van der Waals surface area contributed by atoms with Crippen LogP contribution in [0.15, 0.2) is 53.4 Å². The zero-order valence-corrected chi connectivity index (χ0v) is 15.3. The number of hydrogen-bond acceptors (Lipinski definition) is 4. The number of rotatable bonds is 7. The first-order valence-electron chi connectivity index (χ1n) is 8.61. The summed E-state index contributed by atoms with van der Waals surface area (Å²) in [5.74, 6) is 1.05. The maximum absolute atomic E-state index is 12.4. The number of benzene rings is 2. The third-order valence-corrected chi connectivity index (χ3v) is 5.25. The number of carbonyl (C=O) groups is 1. The normalized spacial score (nSPS) is 13.4. The van der Waals surface area contributed by atoms with E-state index in [9.17, 15) is 4.79 Å². The molecule has 0 bridgehead atoms. The molecule has 1 aliphatic heterocycles. The number of methoxy groups -OCH3 is 1. The van der Waals surface area contributed by atoms with E-state index in [0.29, 0.717) is 13.2 Å². The quantitative estimate of drug-likeness (QED) is 0.770. The predicted molar refractivity (Wildman–Crippen MR) is 103 cm³/mol. The fourth-order valence-corrected chi connectivity index (χ4v) is 3.93. The highest BCUT2D eigenvalue weighted by Crippen LogP contribution is 2.36. The second-order valence-electron chi connectivity index (χ2n) is 6.04. The van der Waals surface area contributed by atoms with E-state index in [4.69, 9.17) is 4.74 Å². The number of hydrogen-bond donors (Lipinski definition) is 1. The average molecular weight is 356 g/mol. The van der Waals surface area contributed by atoms with Crippen LogP contribution in [0.4, 0.5) is 5.69 Å². The number of amides is 1. The zero-order valence-electron chi connectivity index (χ0n) is 14.5. The minimum Gasteiger partial charge on any atom is -0.385 e. The second kappa shape index (κ2) is 8.92. The van der Waals surface area contributed by atoms with Crippen molar-refractivity contribution in [1.82, 2.24) is 5.32 Å². The molecule has 132 valence electrons. The van der Waals surface area contributed by atoms with Crippen LogP contribution in [0.1, 0.15) is 22.3 Å². The number of thioether (sulfide) groups is 1. The van der Waals surface area contributed by atoms with Crippen molar-refractivity contribution in [3.8, 4) is 0 Å². The van der Waals surface area contributed by atoms with Crippen molar-refractivity contribution in [2.75, 3.05) is 37.5 Å². The van der Waals surface area contributed by atoms with Gasteiger partial charge >= 0.3 is 0 Å². The van der Waals surface area contributed by atoms with Gasteiger partial charge in [0.2, 0.25) is 0 Å². The molecule has 1 heterocycles. The molecule has 0 aromatic heterocycles. The molecule has 0 radical (unpaired) electrons. The van der Waals surface area contributed by atoms with Crippen molar-refractivity contribution in [3.05, 3.63) is 59.7 Å². The summed E-state index contributed by atoms with van der Waals surface area (Å²) >= 11 is 1.86.